The van der Waals surface area contributed by atoms with Crippen LogP contribution in [0.25, 0.3) is 0 Å². The van der Waals surface area contributed by atoms with Crippen molar-refractivity contribution in [3.8, 4) is 23.0 Å². The summed E-state index contributed by atoms with van der Waals surface area (Å²) in [7, 11) is 1.51. The van der Waals surface area contributed by atoms with Gasteiger partial charge in [0.05, 0.1) is 7.11 Å². The molecule has 2 aromatic rings. The van der Waals surface area contributed by atoms with Crippen LogP contribution in [0.5, 0.6) is 23.0 Å². The maximum atomic E-state index is 10.2. The molecule has 4 rings (SSSR count). The Balaban J connectivity index is 1.87. The summed E-state index contributed by atoms with van der Waals surface area (Å²) in [6, 6.07) is 9.29. The number of aromatic hydroxyl groups is 1. The minimum Gasteiger partial charge on any atom is -0.504 e. The van der Waals surface area contributed by atoms with E-state index in [9.17, 15) is 15.3 Å². The van der Waals surface area contributed by atoms with Crippen LogP contribution in [0.1, 0.15) is 22.6 Å². The lowest BCUT2D eigenvalue weighted by atomic mass is 9.67. The van der Waals surface area contributed by atoms with Crippen LogP contribution in [0.2, 0.25) is 0 Å². The molecule has 0 fully saturated rings. The lowest BCUT2D eigenvalue weighted by Gasteiger charge is -2.38. The number of rotatable bonds is 4. The van der Waals surface area contributed by atoms with Crippen molar-refractivity contribution in [2.75, 3.05) is 27.1 Å². The Bertz CT molecular complexity index is 818. The quantitative estimate of drug-likeness (QED) is 0.775. The summed E-state index contributed by atoms with van der Waals surface area (Å²) >= 11 is 0. The molecule has 1 aliphatic heterocycles. The molecule has 1 heterocycles. The fourth-order valence-corrected chi connectivity index (χ4v) is 4.18. The van der Waals surface area contributed by atoms with Crippen molar-refractivity contribution in [3.63, 3.8) is 0 Å². The molecule has 3 N–H and O–H groups in total. The summed E-state index contributed by atoms with van der Waals surface area (Å²) in [5.41, 5.74) is 2.91. The van der Waals surface area contributed by atoms with Gasteiger partial charge in [0.15, 0.2) is 23.0 Å². The molecule has 0 spiro atoms. The second-order valence-corrected chi connectivity index (χ2v) is 6.81. The van der Waals surface area contributed by atoms with E-state index in [4.69, 9.17) is 14.2 Å². The highest BCUT2D eigenvalue weighted by molar-refractivity contribution is 5.54. The lowest BCUT2D eigenvalue weighted by Crippen LogP contribution is -2.35. The van der Waals surface area contributed by atoms with Gasteiger partial charge in [-0.2, -0.15) is 0 Å². The van der Waals surface area contributed by atoms with Crippen molar-refractivity contribution in [1.29, 1.82) is 0 Å². The highest BCUT2D eigenvalue weighted by Crippen LogP contribution is 2.48. The predicted octanol–water partition coefficient (Wildman–Crippen LogP) is 2.03. The van der Waals surface area contributed by atoms with Gasteiger partial charge in [-0.15, -0.1) is 0 Å². The molecule has 0 unspecified atom stereocenters. The topological polar surface area (TPSA) is 88.4 Å². The third kappa shape index (κ3) is 2.66. The average Bonchev–Trinajstić information content (AvgIpc) is 3.13. The predicted molar refractivity (Wildman–Crippen MR) is 93.9 cm³/mol. The van der Waals surface area contributed by atoms with Crippen LogP contribution < -0.4 is 14.2 Å². The zero-order chi connectivity index (χ0) is 18.3. The standard InChI is InChI=1S/C20H22O6/c1-24-18-7-14-12(5-16(18)23)4-13(8-21)15(9-22)20(14)11-2-3-17-19(6-11)26-10-25-17/h2-3,5-7,13,15,20-23H,4,8-10H2,1H3/t13-,15-,20-/m1/s1. The molecule has 2 aromatic carbocycles. The van der Waals surface area contributed by atoms with Gasteiger partial charge in [-0.3, -0.25) is 0 Å². The molecule has 6 nitrogen and oxygen atoms in total. The Morgan fingerprint density at radius 3 is 2.62 bits per heavy atom. The summed E-state index contributed by atoms with van der Waals surface area (Å²) in [4.78, 5) is 0. The molecule has 26 heavy (non-hydrogen) atoms. The first kappa shape index (κ1) is 17.0. The average molecular weight is 358 g/mol. The number of hydrogen-bond acceptors (Lipinski definition) is 6. The molecule has 2 aliphatic rings. The fraction of sp³-hybridized carbons (Fsp3) is 0.400. The number of benzene rings is 2. The fourth-order valence-electron chi connectivity index (χ4n) is 4.18. The van der Waals surface area contributed by atoms with Crippen LogP contribution in [-0.2, 0) is 6.42 Å². The number of fused-ring (bicyclic) bond motifs is 2. The first-order valence-corrected chi connectivity index (χ1v) is 8.67. The van der Waals surface area contributed by atoms with Crippen molar-refractivity contribution < 1.29 is 29.5 Å². The summed E-state index contributed by atoms with van der Waals surface area (Å²) in [6.45, 7) is 0.121. The van der Waals surface area contributed by atoms with Crippen LogP contribution in [0.4, 0.5) is 0 Å². The van der Waals surface area contributed by atoms with Crippen molar-refractivity contribution in [3.05, 3.63) is 47.0 Å². The van der Waals surface area contributed by atoms with Crippen LogP contribution in [0.3, 0.4) is 0 Å². The van der Waals surface area contributed by atoms with E-state index in [0.717, 1.165) is 16.7 Å². The van der Waals surface area contributed by atoms with Crippen LogP contribution in [0.15, 0.2) is 30.3 Å². The van der Waals surface area contributed by atoms with Gasteiger partial charge in [0.2, 0.25) is 6.79 Å². The first-order valence-electron chi connectivity index (χ1n) is 8.67. The smallest absolute Gasteiger partial charge is 0.231 e. The highest BCUT2D eigenvalue weighted by atomic mass is 16.7. The van der Waals surface area contributed by atoms with Crippen molar-refractivity contribution in [2.24, 2.45) is 11.8 Å². The maximum absolute atomic E-state index is 10.2. The molecule has 6 heteroatoms. The van der Waals surface area contributed by atoms with E-state index in [-0.39, 0.29) is 43.5 Å². The van der Waals surface area contributed by atoms with Crippen molar-refractivity contribution in [2.45, 2.75) is 12.3 Å². The Kier molecular flexibility index (Phi) is 4.38. The number of phenolic OH excluding ortho intramolecular Hbond substituents is 1. The monoisotopic (exact) mass is 358 g/mol. The second-order valence-electron chi connectivity index (χ2n) is 6.81. The van der Waals surface area contributed by atoms with Gasteiger partial charge in [0.25, 0.3) is 0 Å². The number of phenols is 1. The summed E-state index contributed by atoms with van der Waals surface area (Å²) in [6.07, 6.45) is 0.593. The van der Waals surface area contributed by atoms with E-state index < -0.39 is 0 Å². The van der Waals surface area contributed by atoms with E-state index in [0.29, 0.717) is 23.7 Å². The van der Waals surface area contributed by atoms with Gasteiger partial charge in [0, 0.05) is 19.1 Å². The molecule has 0 aromatic heterocycles. The number of hydrogen-bond donors (Lipinski definition) is 3. The third-order valence-electron chi connectivity index (χ3n) is 5.49. The van der Waals surface area contributed by atoms with Gasteiger partial charge in [-0.05, 0) is 59.2 Å². The van der Waals surface area contributed by atoms with Gasteiger partial charge < -0.3 is 29.5 Å². The van der Waals surface area contributed by atoms with Crippen LogP contribution >= 0.6 is 0 Å². The Labute approximate surface area is 151 Å². The largest absolute Gasteiger partial charge is 0.504 e. The summed E-state index contributed by atoms with van der Waals surface area (Å²) in [5, 5.41) is 30.1. The normalized spacial score (nSPS) is 23.6. The van der Waals surface area contributed by atoms with Crippen molar-refractivity contribution >= 4 is 0 Å². The van der Waals surface area contributed by atoms with Gasteiger partial charge in [-0.1, -0.05) is 6.07 Å². The van der Waals surface area contributed by atoms with E-state index in [1.807, 2.05) is 24.3 Å². The summed E-state index contributed by atoms with van der Waals surface area (Å²) < 4.78 is 16.2. The zero-order valence-corrected chi connectivity index (χ0v) is 14.5. The molecule has 138 valence electrons. The molecule has 1 aliphatic carbocycles. The molecule has 0 bridgehead atoms. The molecule has 0 saturated heterocycles. The Morgan fingerprint density at radius 2 is 1.88 bits per heavy atom. The van der Waals surface area contributed by atoms with Gasteiger partial charge >= 0.3 is 0 Å². The number of aliphatic hydroxyl groups is 2. The minimum atomic E-state index is -0.151. The first-order chi connectivity index (χ1) is 12.7. The number of ether oxygens (including phenoxy) is 3. The molecule has 0 radical (unpaired) electrons. The maximum Gasteiger partial charge on any atom is 0.231 e. The third-order valence-corrected chi connectivity index (χ3v) is 5.49. The molecular weight excluding hydrogens is 336 g/mol. The van der Waals surface area contributed by atoms with E-state index in [2.05, 4.69) is 0 Å². The lowest BCUT2D eigenvalue weighted by molar-refractivity contribution is 0.101. The van der Waals surface area contributed by atoms with Crippen LogP contribution in [-0.4, -0.2) is 42.4 Å². The second kappa shape index (κ2) is 6.70. The van der Waals surface area contributed by atoms with Crippen LogP contribution in [0, 0.1) is 11.8 Å². The Morgan fingerprint density at radius 1 is 1.08 bits per heavy atom. The Hall–Kier alpha value is -2.44. The van der Waals surface area contributed by atoms with E-state index in [1.54, 1.807) is 6.07 Å². The molecule has 0 saturated carbocycles. The SMILES string of the molecule is COc1cc2c(cc1O)C[C@H](CO)[C@@H](CO)[C@@H]2c1ccc2c(c1)OCO2. The molecule has 3 atom stereocenters. The minimum absolute atomic E-state index is 0.0293. The molecular formula is C20H22O6. The molecule has 0 amide bonds. The van der Waals surface area contributed by atoms with Gasteiger partial charge in [-0.25, -0.2) is 0 Å². The summed E-state index contributed by atoms with van der Waals surface area (Å²) in [5.74, 6) is 1.45. The van der Waals surface area contributed by atoms with Gasteiger partial charge in [0.1, 0.15) is 0 Å². The van der Waals surface area contributed by atoms with E-state index in [1.165, 1.54) is 7.11 Å². The number of methoxy groups -OCH3 is 1. The highest BCUT2D eigenvalue weighted by Gasteiger charge is 2.38. The van der Waals surface area contributed by atoms with Crippen molar-refractivity contribution in [1.82, 2.24) is 0 Å². The number of aliphatic hydroxyl groups excluding tert-OH is 2. The van der Waals surface area contributed by atoms with E-state index >= 15 is 0 Å². The zero-order valence-electron chi connectivity index (χ0n) is 14.5.